The topological polar surface area (TPSA) is 82.8 Å². The van der Waals surface area contributed by atoms with Gasteiger partial charge in [-0.25, -0.2) is 9.98 Å². The zero-order valence-electron chi connectivity index (χ0n) is 14.6. The molecule has 0 aliphatic heterocycles. The third-order valence-electron chi connectivity index (χ3n) is 2.98. The number of carbonyl (C=O) groups excluding carboxylic acids is 1. The van der Waals surface area contributed by atoms with E-state index in [0.29, 0.717) is 24.9 Å². The Morgan fingerprint density at radius 2 is 2.13 bits per heavy atom. The second kappa shape index (κ2) is 8.36. The van der Waals surface area contributed by atoms with Gasteiger partial charge in [0.05, 0.1) is 12.7 Å². The fraction of sp³-hybridized carbons (Fsp3) is 0.562. The molecule has 0 aliphatic carbocycles. The molecule has 7 nitrogen and oxygen atoms in total. The lowest BCUT2D eigenvalue weighted by Gasteiger charge is -2.13. The highest BCUT2D eigenvalue weighted by atomic mass is 16.4. The number of oxazole rings is 1. The van der Waals surface area contributed by atoms with E-state index in [2.05, 4.69) is 48.0 Å². The second-order valence-electron chi connectivity index (χ2n) is 6.34. The summed E-state index contributed by atoms with van der Waals surface area (Å²) in [5.74, 6) is 1.84. The van der Waals surface area contributed by atoms with Gasteiger partial charge >= 0.3 is 0 Å². The third kappa shape index (κ3) is 6.54. The number of amides is 1. The third-order valence-corrected chi connectivity index (χ3v) is 2.98. The first kappa shape index (κ1) is 18.7. The van der Waals surface area contributed by atoms with Crippen LogP contribution in [0.4, 0.5) is 0 Å². The molecule has 128 valence electrons. The van der Waals surface area contributed by atoms with Crippen LogP contribution in [-0.4, -0.2) is 48.9 Å². The molecule has 7 heteroatoms. The summed E-state index contributed by atoms with van der Waals surface area (Å²) >= 11 is 0. The van der Waals surface area contributed by atoms with Gasteiger partial charge in [0.1, 0.15) is 12.3 Å². The number of aliphatic imine (C=N–C) groups is 1. The van der Waals surface area contributed by atoms with Crippen LogP contribution in [0.1, 0.15) is 32.4 Å². The molecular formula is C16H27N5O2. The van der Waals surface area contributed by atoms with Crippen LogP contribution >= 0.6 is 0 Å². The minimum absolute atomic E-state index is 0.0678. The minimum Gasteiger partial charge on any atom is -0.443 e. The summed E-state index contributed by atoms with van der Waals surface area (Å²) in [6.07, 6.45) is 3.45. The predicted molar refractivity (Wildman–Crippen MR) is 91.2 cm³/mol. The van der Waals surface area contributed by atoms with E-state index in [0.717, 1.165) is 5.76 Å². The average Bonchev–Trinajstić information content (AvgIpc) is 2.95. The Morgan fingerprint density at radius 1 is 1.43 bits per heavy atom. The van der Waals surface area contributed by atoms with E-state index in [-0.39, 0.29) is 17.9 Å². The summed E-state index contributed by atoms with van der Waals surface area (Å²) in [6, 6.07) is 0. The number of nitrogens with zero attached hydrogens (tertiary/aromatic N) is 3. The first-order valence-corrected chi connectivity index (χ1v) is 7.52. The summed E-state index contributed by atoms with van der Waals surface area (Å²) in [5.41, 5.74) is -0.0820. The SMILES string of the molecule is C=CCNC(=NCC(=O)N(C)C)NCc1ncc(C(C)(C)C)o1. The van der Waals surface area contributed by atoms with Gasteiger partial charge < -0.3 is 20.0 Å². The summed E-state index contributed by atoms with van der Waals surface area (Å²) in [4.78, 5) is 21.6. The van der Waals surface area contributed by atoms with Gasteiger partial charge in [-0.05, 0) is 0 Å². The van der Waals surface area contributed by atoms with Gasteiger partial charge in [0.2, 0.25) is 11.8 Å². The first-order valence-electron chi connectivity index (χ1n) is 7.52. The number of rotatable bonds is 6. The number of aromatic nitrogens is 1. The van der Waals surface area contributed by atoms with Crippen LogP contribution in [0.3, 0.4) is 0 Å². The maximum Gasteiger partial charge on any atom is 0.243 e. The molecule has 0 aliphatic rings. The Labute approximate surface area is 137 Å². The first-order chi connectivity index (χ1) is 10.7. The molecule has 0 radical (unpaired) electrons. The number of carbonyl (C=O) groups is 1. The van der Waals surface area contributed by atoms with Gasteiger partial charge in [-0.1, -0.05) is 26.8 Å². The Bertz CT molecular complexity index is 555. The van der Waals surface area contributed by atoms with Crippen molar-refractivity contribution >= 4 is 11.9 Å². The van der Waals surface area contributed by atoms with Crippen LogP contribution in [-0.2, 0) is 16.8 Å². The highest BCUT2D eigenvalue weighted by Crippen LogP contribution is 2.22. The largest absolute Gasteiger partial charge is 0.443 e. The van der Waals surface area contributed by atoms with Crippen molar-refractivity contribution in [2.45, 2.75) is 32.7 Å². The average molecular weight is 321 g/mol. The van der Waals surface area contributed by atoms with Crippen molar-refractivity contribution in [3.05, 3.63) is 30.5 Å². The van der Waals surface area contributed by atoms with E-state index in [9.17, 15) is 4.79 Å². The van der Waals surface area contributed by atoms with Gasteiger partial charge in [0, 0.05) is 26.1 Å². The molecule has 0 saturated carbocycles. The standard InChI is InChI=1S/C16H27N5O2/c1-7-8-17-15(20-11-14(22)21(5)6)19-10-13-18-9-12(23-13)16(2,3)4/h7,9H,1,8,10-11H2,2-6H3,(H2,17,19,20). The zero-order chi connectivity index (χ0) is 17.5. The molecule has 23 heavy (non-hydrogen) atoms. The molecule has 1 aromatic heterocycles. The van der Waals surface area contributed by atoms with Crippen molar-refractivity contribution in [3.8, 4) is 0 Å². The molecular weight excluding hydrogens is 294 g/mol. The van der Waals surface area contributed by atoms with E-state index in [1.165, 1.54) is 4.90 Å². The molecule has 1 amide bonds. The van der Waals surface area contributed by atoms with E-state index in [4.69, 9.17) is 4.42 Å². The summed E-state index contributed by atoms with van der Waals surface area (Å²) in [5, 5.41) is 6.15. The fourth-order valence-electron chi connectivity index (χ4n) is 1.53. The van der Waals surface area contributed by atoms with Crippen LogP contribution in [0.2, 0.25) is 0 Å². The van der Waals surface area contributed by atoms with Crippen molar-refractivity contribution in [2.24, 2.45) is 4.99 Å². The van der Waals surface area contributed by atoms with E-state index in [1.807, 2.05) is 0 Å². The van der Waals surface area contributed by atoms with Crippen molar-refractivity contribution in [1.82, 2.24) is 20.5 Å². The van der Waals surface area contributed by atoms with Gasteiger partial charge in [-0.3, -0.25) is 4.79 Å². The smallest absolute Gasteiger partial charge is 0.243 e. The highest BCUT2D eigenvalue weighted by Gasteiger charge is 2.19. The maximum absolute atomic E-state index is 11.6. The molecule has 0 saturated heterocycles. The highest BCUT2D eigenvalue weighted by molar-refractivity contribution is 5.84. The Hall–Kier alpha value is -2.31. The van der Waals surface area contributed by atoms with Crippen LogP contribution in [0.25, 0.3) is 0 Å². The monoisotopic (exact) mass is 321 g/mol. The molecule has 0 fully saturated rings. The number of nitrogens with one attached hydrogen (secondary N) is 2. The van der Waals surface area contributed by atoms with Crippen molar-refractivity contribution in [1.29, 1.82) is 0 Å². The quantitative estimate of drug-likeness (QED) is 0.468. The Kier molecular flexibility index (Phi) is 6.81. The molecule has 0 bridgehead atoms. The molecule has 1 rings (SSSR count). The molecule has 1 aromatic rings. The maximum atomic E-state index is 11.6. The molecule has 0 atom stereocenters. The lowest BCUT2D eigenvalue weighted by atomic mass is 9.94. The lowest BCUT2D eigenvalue weighted by molar-refractivity contribution is -0.127. The fourth-order valence-corrected chi connectivity index (χ4v) is 1.53. The number of likely N-dealkylation sites (N-methyl/N-ethyl adjacent to an activating group) is 1. The molecule has 0 spiro atoms. The van der Waals surface area contributed by atoms with Crippen LogP contribution < -0.4 is 10.6 Å². The summed E-state index contributed by atoms with van der Waals surface area (Å²) < 4.78 is 5.72. The number of guanidine groups is 1. The van der Waals surface area contributed by atoms with Crippen LogP contribution in [0.5, 0.6) is 0 Å². The van der Waals surface area contributed by atoms with E-state index in [1.54, 1.807) is 26.4 Å². The van der Waals surface area contributed by atoms with Gasteiger partial charge in [-0.2, -0.15) is 0 Å². The Morgan fingerprint density at radius 3 is 2.65 bits per heavy atom. The van der Waals surface area contributed by atoms with Gasteiger partial charge in [0.25, 0.3) is 0 Å². The van der Waals surface area contributed by atoms with Crippen molar-refractivity contribution < 1.29 is 9.21 Å². The summed E-state index contributed by atoms with van der Waals surface area (Å²) in [7, 11) is 3.39. The lowest BCUT2D eigenvalue weighted by Crippen LogP contribution is -2.38. The molecule has 0 unspecified atom stereocenters. The molecule has 0 aromatic carbocycles. The molecule has 1 heterocycles. The van der Waals surface area contributed by atoms with Crippen LogP contribution in [0.15, 0.2) is 28.3 Å². The van der Waals surface area contributed by atoms with E-state index < -0.39 is 0 Å². The van der Waals surface area contributed by atoms with Crippen molar-refractivity contribution in [3.63, 3.8) is 0 Å². The van der Waals surface area contributed by atoms with Gasteiger partial charge in [0.15, 0.2) is 5.96 Å². The minimum atomic E-state index is -0.0820. The van der Waals surface area contributed by atoms with Gasteiger partial charge in [-0.15, -0.1) is 6.58 Å². The normalized spacial score (nSPS) is 12.0. The molecule has 2 N–H and O–H groups in total. The van der Waals surface area contributed by atoms with Crippen LogP contribution in [0, 0.1) is 0 Å². The Balaban J connectivity index is 2.66. The van der Waals surface area contributed by atoms with E-state index >= 15 is 0 Å². The van der Waals surface area contributed by atoms with Crippen molar-refractivity contribution in [2.75, 3.05) is 27.2 Å². The summed E-state index contributed by atoms with van der Waals surface area (Å²) in [6.45, 7) is 10.8. The zero-order valence-corrected chi connectivity index (χ0v) is 14.6. The second-order valence-corrected chi connectivity index (χ2v) is 6.34. The number of hydrogen-bond donors (Lipinski definition) is 2. The predicted octanol–water partition coefficient (Wildman–Crippen LogP) is 1.28. The number of hydrogen-bond acceptors (Lipinski definition) is 4.